The van der Waals surface area contributed by atoms with Gasteiger partial charge in [-0.05, 0) is 42.8 Å². The molecule has 4 rings (SSSR count). The van der Waals surface area contributed by atoms with Crippen LogP contribution in [0.3, 0.4) is 0 Å². The highest BCUT2D eigenvalue weighted by molar-refractivity contribution is 6.01. The molecule has 0 atom stereocenters. The van der Waals surface area contributed by atoms with Gasteiger partial charge in [0.25, 0.3) is 0 Å². The summed E-state index contributed by atoms with van der Waals surface area (Å²) in [6.07, 6.45) is 5.16. The monoisotopic (exact) mass is 460 g/mol. The third-order valence-electron chi connectivity index (χ3n) is 4.77. The summed E-state index contributed by atoms with van der Waals surface area (Å²) >= 11 is 0. The number of nitrogens with one attached hydrogen (secondary N) is 2. The molecule has 0 bridgehead atoms. The second-order valence-electron chi connectivity index (χ2n) is 7.47. The van der Waals surface area contributed by atoms with Crippen LogP contribution in [-0.4, -0.2) is 31.7 Å². The van der Waals surface area contributed by atoms with Crippen molar-refractivity contribution in [3.63, 3.8) is 0 Å². The molecule has 3 amide bonds. The Morgan fingerprint density at radius 1 is 1.12 bits per heavy atom. The zero-order valence-corrected chi connectivity index (χ0v) is 18.4. The number of carbonyl (C=O) groups is 2. The minimum absolute atomic E-state index is 0.0557. The zero-order valence-electron chi connectivity index (χ0n) is 18.4. The van der Waals surface area contributed by atoms with E-state index in [1.165, 1.54) is 24.3 Å². The number of hydrogen-bond acceptors (Lipinski definition) is 6. The van der Waals surface area contributed by atoms with Crippen molar-refractivity contribution in [3.8, 4) is 22.8 Å². The van der Waals surface area contributed by atoms with Crippen molar-refractivity contribution in [2.75, 3.05) is 5.32 Å². The van der Waals surface area contributed by atoms with E-state index in [9.17, 15) is 14.0 Å². The van der Waals surface area contributed by atoms with E-state index in [1.807, 2.05) is 13.2 Å². The smallest absolute Gasteiger partial charge is 0.327 e. The number of hydrogen-bond donors (Lipinski definition) is 2. The Kier molecular flexibility index (Phi) is 6.58. The predicted octanol–water partition coefficient (Wildman–Crippen LogP) is 4.01. The number of imide groups is 1. The summed E-state index contributed by atoms with van der Waals surface area (Å²) < 4.78 is 20.6. The average Bonchev–Trinajstić information content (AvgIpc) is 3.24. The SMILES string of the molecule is Cc1nc(NC(=O)NC(=O)Cc2ccc(F)cc2)ccc1Oc1ccnc(-c2cnn(C)c2)c1. The normalized spacial score (nSPS) is 10.6. The van der Waals surface area contributed by atoms with E-state index in [-0.39, 0.29) is 12.2 Å². The fraction of sp³-hybridized carbons (Fsp3) is 0.125. The molecule has 172 valence electrons. The molecule has 3 heterocycles. The standard InChI is InChI=1S/C24H21FN6O3/c1-15-21(34-19-9-10-26-20(12-19)17-13-27-31(2)14-17)7-8-22(28-15)29-24(33)30-23(32)11-16-3-5-18(25)6-4-16/h3-10,12-14H,11H2,1-2H3,(H2,28,29,30,32,33). The second kappa shape index (κ2) is 9.90. The number of rotatable bonds is 6. The van der Waals surface area contributed by atoms with Gasteiger partial charge in [-0.3, -0.25) is 25.1 Å². The number of halogens is 1. The van der Waals surface area contributed by atoms with Crippen LogP contribution in [0.1, 0.15) is 11.3 Å². The molecule has 2 N–H and O–H groups in total. The molecular weight excluding hydrogens is 439 g/mol. The molecule has 3 aromatic heterocycles. The van der Waals surface area contributed by atoms with E-state index in [0.717, 1.165) is 11.3 Å². The third-order valence-corrected chi connectivity index (χ3v) is 4.77. The van der Waals surface area contributed by atoms with Gasteiger partial charge < -0.3 is 4.74 Å². The highest BCUT2D eigenvalue weighted by Crippen LogP contribution is 2.27. The zero-order chi connectivity index (χ0) is 24.1. The van der Waals surface area contributed by atoms with Crippen LogP contribution < -0.4 is 15.4 Å². The fourth-order valence-electron chi connectivity index (χ4n) is 3.14. The molecule has 9 nitrogen and oxygen atoms in total. The van der Waals surface area contributed by atoms with Gasteiger partial charge in [0.1, 0.15) is 23.1 Å². The average molecular weight is 460 g/mol. The van der Waals surface area contributed by atoms with E-state index in [4.69, 9.17) is 4.74 Å². The van der Waals surface area contributed by atoms with Crippen molar-refractivity contribution in [1.29, 1.82) is 0 Å². The first kappa shape index (κ1) is 22.6. The van der Waals surface area contributed by atoms with Crippen molar-refractivity contribution in [3.05, 3.63) is 84.2 Å². The Morgan fingerprint density at radius 2 is 1.91 bits per heavy atom. The Hall–Kier alpha value is -4.60. The number of nitrogens with zero attached hydrogens (tertiary/aromatic N) is 4. The highest BCUT2D eigenvalue weighted by atomic mass is 19.1. The van der Waals surface area contributed by atoms with E-state index in [1.54, 1.807) is 48.3 Å². The van der Waals surface area contributed by atoms with Gasteiger partial charge in [-0.1, -0.05) is 12.1 Å². The van der Waals surface area contributed by atoms with Gasteiger partial charge in [-0.15, -0.1) is 0 Å². The molecule has 0 aliphatic heterocycles. The topological polar surface area (TPSA) is 111 Å². The van der Waals surface area contributed by atoms with Gasteiger partial charge in [-0.25, -0.2) is 14.2 Å². The molecule has 0 saturated heterocycles. The molecule has 4 aromatic rings. The molecule has 1 aromatic carbocycles. The summed E-state index contributed by atoms with van der Waals surface area (Å²) in [5.41, 5.74) is 2.71. The number of anilines is 1. The third kappa shape index (κ3) is 5.80. The maximum atomic E-state index is 13.0. The van der Waals surface area contributed by atoms with E-state index in [0.29, 0.717) is 22.8 Å². The van der Waals surface area contributed by atoms with Crippen LogP contribution >= 0.6 is 0 Å². The van der Waals surface area contributed by atoms with Gasteiger partial charge in [0.05, 0.1) is 24.0 Å². The lowest BCUT2D eigenvalue weighted by Crippen LogP contribution is -2.35. The molecular formula is C24H21FN6O3. The molecule has 0 aliphatic rings. The summed E-state index contributed by atoms with van der Waals surface area (Å²) in [6.45, 7) is 1.74. The van der Waals surface area contributed by atoms with Gasteiger partial charge in [0, 0.05) is 31.1 Å². The largest absolute Gasteiger partial charge is 0.455 e. The molecule has 34 heavy (non-hydrogen) atoms. The van der Waals surface area contributed by atoms with Gasteiger partial charge in [0.15, 0.2) is 0 Å². The number of urea groups is 1. The highest BCUT2D eigenvalue weighted by Gasteiger charge is 2.12. The maximum absolute atomic E-state index is 13.0. The number of benzene rings is 1. The number of amides is 3. The molecule has 0 aliphatic carbocycles. The second-order valence-corrected chi connectivity index (χ2v) is 7.47. The van der Waals surface area contributed by atoms with Crippen molar-refractivity contribution in [1.82, 2.24) is 25.1 Å². The van der Waals surface area contributed by atoms with Crippen LogP contribution in [0.25, 0.3) is 11.3 Å². The van der Waals surface area contributed by atoms with Crippen molar-refractivity contribution in [2.24, 2.45) is 7.05 Å². The first-order valence-corrected chi connectivity index (χ1v) is 10.3. The summed E-state index contributed by atoms with van der Waals surface area (Å²) in [4.78, 5) is 32.8. The van der Waals surface area contributed by atoms with E-state index < -0.39 is 17.8 Å². The number of ether oxygens (including phenoxy) is 1. The van der Waals surface area contributed by atoms with E-state index >= 15 is 0 Å². The number of aromatic nitrogens is 4. The van der Waals surface area contributed by atoms with Crippen LogP contribution in [0.5, 0.6) is 11.5 Å². The van der Waals surface area contributed by atoms with Gasteiger partial charge in [-0.2, -0.15) is 5.10 Å². The number of carbonyl (C=O) groups excluding carboxylic acids is 2. The summed E-state index contributed by atoms with van der Waals surface area (Å²) in [6, 6.07) is 11.5. The molecule has 0 radical (unpaired) electrons. The van der Waals surface area contributed by atoms with Gasteiger partial charge in [0.2, 0.25) is 5.91 Å². The lowest BCUT2D eigenvalue weighted by molar-refractivity contribution is -0.119. The number of pyridine rings is 2. The van der Waals surface area contributed by atoms with Crippen LogP contribution in [0, 0.1) is 12.7 Å². The fourth-order valence-corrected chi connectivity index (χ4v) is 3.14. The minimum atomic E-state index is -0.720. The lowest BCUT2D eigenvalue weighted by atomic mass is 10.1. The molecule has 0 fully saturated rings. The van der Waals surface area contributed by atoms with Crippen molar-refractivity contribution in [2.45, 2.75) is 13.3 Å². The van der Waals surface area contributed by atoms with Crippen LogP contribution in [0.4, 0.5) is 15.0 Å². The van der Waals surface area contributed by atoms with E-state index in [2.05, 4.69) is 25.7 Å². The van der Waals surface area contributed by atoms with Crippen molar-refractivity contribution < 1.29 is 18.7 Å². The summed E-state index contributed by atoms with van der Waals surface area (Å²) in [5.74, 6) is 0.407. The Morgan fingerprint density at radius 3 is 2.62 bits per heavy atom. The van der Waals surface area contributed by atoms with Crippen molar-refractivity contribution >= 4 is 17.8 Å². The first-order chi connectivity index (χ1) is 16.4. The number of aryl methyl sites for hydroxylation is 2. The predicted molar refractivity (Wildman–Crippen MR) is 123 cm³/mol. The molecule has 10 heteroatoms. The maximum Gasteiger partial charge on any atom is 0.327 e. The minimum Gasteiger partial charge on any atom is -0.455 e. The van der Waals surface area contributed by atoms with Crippen LogP contribution in [0.2, 0.25) is 0 Å². The molecule has 0 unspecified atom stereocenters. The summed E-state index contributed by atoms with van der Waals surface area (Å²) in [7, 11) is 1.83. The van der Waals surface area contributed by atoms with Gasteiger partial charge >= 0.3 is 6.03 Å². The first-order valence-electron chi connectivity index (χ1n) is 10.3. The Bertz CT molecular complexity index is 1340. The molecule has 0 saturated carbocycles. The molecule has 0 spiro atoms. The summed E-state index contributed by atoms with van der Waals surface area (Å²) in [5, 5.41) is 8.88. The van der Waals surface area contributed by atoms with Crippen LogP contribution in [-0.2, 0) is 18.3 Å². The quantitative estimate of drug-likeness (QED) is 0.450. The van der Waals surface area contributed by atoms with Crippen LogP contribution in [0.15, 0.2) is 67.1 Å². The lowest BCUT2D eigenvalue weighted by Gasteiger charge is -2.11. The Labute approximate surface area is 194 Å². The Balaban J connectivity index is 1.36.